The van der Waals surface area contributed by atoms with E-state index in [0.717, 1.165) is 51.4 Å². The minimum absolute atomic E-state index is 0.0331. The van der Waals surface area contributed by atoms with Gasteiger partial charge in [0.2, 0.25) is 0 Å². The number of nitrogens with zero attached hydrogens (tertiary/aromatic N) is 1. The number of esters is 2. The number of hydrogen-bond donors (Lipinski definition) is 1. The Kier molecular flexibility index (Phi) is 36.5. The number of likely N-dealkylation sites (N-methyl/N-ethyl adjacent to an activating group) is 1. The highest BCUT2D eigenvalue weighted by Crippen LogP contribution is 2.43. The van der Waals surface area contributed by atoms with Gasteiger partial charge in [0.05, 0.1) is 27.7 Å². The van der Waals surface area contributed by atoms with Gasteiger partial charge in [-0.15, -0.1) is 0 Å². The van der Waals surface area contributed by atoms with Crippen LogP contribution in [0.2, 0.25) is 0 Å². The zero-order valence-electron chi connectivity index (χ0n) is 36.0. The van der Waals surface area contributed by atoms with Crippen LogP contribution in [0.25, 0.3) is 0 Å². The standard InChI is InChI=1S/C44H86NO8P/c1-6-8-10-12-14-16-18-20-21-22-23-24-25-27-28-30-32-34-36-43(46)50-40-42(41-52-54(48,49)51-39-38-45(3,4)5)53-44(47)37-35-33-31-29-26-19-17-15-13-11-9-7-2/h15,17,42H,6-14,16,18-41H2,1-5H3/p+1/b17-15+/t42-/m0/s1. The van der Waals surface area contributed by atoms with Gasteiger partial charge in [0.1, 0.15) is 19.8 Å². The number of ether oxygens (including phenoxy) is 2. The van der Waals surface area contributed by atoms with Crippen LogP contribution in [-0.4, -0.2) is 74.9 Å². The quantitative estimate of drug-likeness (QED) is 0.0214. The molecule has 0 fully saturated rings. The van der Waals surface area contributed by atoms with Gasteiger partial charge in [0, 0.05) is 12.8 Å². The number of phosphoric acid groups is 1. The van der Waals surface area contributed by atoms with Crippen molar-refractivity contribution in [2.24, 2.45) is 0 Å². The van der Waals surface area contributed by atoms with Crippen LogP contribution in [-0.2, 0) is 32.7 Å². The molecule has 0 aromatic rings. The van der Waals surface area contributed by atoms with E-state index in [0.29, 0.717) is 23.9 Å². The molecule has 1 N–H and O–H groups in total. The van der Waals surface area contributed by atoms with Crippen LogP contribution in [0.5, 0.6) is 0 Å². The lowest BCUT2D eigenvalue weighted by atomic mass is 10.0. The molecule has 54 heavy (non-hydrogen) atoms. The second kappa shape index (κ2) is 37.3. The van der Waals surface area contributed by atoms with Crippen LogP contribution in [0.15, 0.2) is 12.2 Å². The highest BCUT2D eigenvalue weighted by atomic mass is 31.2. The van der Waals surface area contributed by atoms with E-state index in [2.05, 4.69) is 26.0 Å². The molecule has 0 heterocycles. The minimum atomic E-state index is -4.37. The third-order valence-electron chi connectivity index (χ3n) is 9.80. The van der Waals surface area contributed by atoms with E-state index in [4.69, 9.17) is 18.5 Å². The number of rotatable bonds is 41. The van der Waals surface area contributed by atoms with Crippen molar-refractivity contribution >= 4 is 19.8 Å². The van der Waals surface area contributed by atoms with Crippen molar-refractivity contribution < 1.29 is 42.1 Å². The summed E-state index contributed by atoms with van der Waals surface area (Å²) in [5, 5.41) is 0. The van der Waals surface area contributed by atoms with Crippen molar-refractivity contribution in [2.45, 2.75) is 213 Å². The normalized spacial score (nSPS) is 13.7. The maximum atomic E-state index is 12.6. The molecule has 0 rings (SSSR count). The van der Waals surface area contributed by atoms with E-state index < -0.39 is 26.5 Å². The summed E-state index contributed by atoms with van der Waals surface area (Å²) >= 11 is 0. The summed E-state index contributed by atoms with van der Waals surface area (Å²) in [5.41, 5.74) is 0. The van der Waals surface area contributed by atoms with E-state index >= 15 is 0 Å². The molecule has 320 valence electrons. The van der Waals surface area contributed by atoms with Crippen molar-refractivity contribution in [1.29, 1.82) is 0 Å². The molecule has 0 aliphatic heterocycles. The lowest BCUT2D eigenvalue weighted by Gasteiger charge is -2.24. The Morgan fingerprint density at radius 2 is 0.944 bits per heavy atom. The van der Waals surface area contributed by atoms with E-state index in [1.165, 1.54) is 122 Å². The van der Waals surface area contributed by atoms with Crippen molar-refractivity contribution in [3.05, 3.63) is 12.2 Å². The maximum Gasteiger partial charge on any atom is 0.472 e. The molecule has 0 aromatic heterocycles. The van der Waals surface area contributed by atoms with E-state index in [1.54, 1.807) is 0 Å². The highest BCUT2D eigenvalue weighted by Gasteiger charge is 2.27. The molecule has 9 nitrogen and oxygen atoms in total. The maximum absolute atomic E-state index is 12.6. The average Bonchev–Trinajstić information content (AvgIpc) is 3.12. The first-order valence-corrected chi connectivity index (χ1v) is 23.9. The molecular formula is C44H87NO8P+. The Bertz CT molecular complexity index is 938. The van der Waals surface area contributed by atoms with Gasteiger partial charge in [-0.2, -0.15) is 0 Å². The number of carbonyl (C=O) groups is 2. The monoisotopic (exact) mass is 789 g/mol. The average molecular weight is 789 g/mol. The number of carbonyl (C=O) groups excluding carboxylic acids is 2. The van der Waals surface area contributed by atoms with Crippen LogP contribution in [0.4, 0.5) is 0 Å². The third kappa shape index (κ3) is 40.4. The Labute approximate surface area is 333 Å². The highest BCUT2D eigenvalue weighted by molar-refractivity contribution is 7.47. The molecule has 0 saturated carbocycles. The number of phosphoric ester groups is 1. The third-order valence-corrected chi connectivity index (χ3v) is 10.8. The predicted molar refractivity (Wildman–Crippen MR) is 224 cm³/mol. The van der Waals surface area contributed by atoms with Gasteiger partial charge < -0.3 is 18.9 Å². The first kappa shape index (κ1) is 52.8. The largest absolute Gasteiger partial charge is 0.472 e. The van der Waals surface area contributed by atoms with Crippen molar-refractivity contribution in [3.8, 4) is 0 Å². The lowest BCUT2D eigenvalue weighted by Crippen LogP contribution is -2.37. The first-order valence-electron chi connectivity index (χ1n) is 22.4. The SMILES string of the molecule is CCCCC/C=C/CCCCCCCC(=O)O[C@@H](COC(=O)CCCCCCCCCCCCCCCCCCCC)COP(=O)(O)OCC[N+](C)(C)C. The summed E-state index contributed by atoms with van der Waals surface area (Å²) in [5.74, 6) is -0.799. The van der Waals surface area contributed by atoms with Gasteiger partial charge in [0.25, 0.3) is 0 Å². The van der Waals surface area contributed by atoms with E-state index in [1.807, 2.05) is 21.1 Å². The van der Waals surface area contributed by atoms with Gasteiger partial charge in [-0.05, 0) is 38.5 Å². The minimum Gasteiger partial charge on any atom is -0.462 e. The molecule has 0 saturated heterocycles. The molecule has 0 aromatic carbocycles. The Balaban J connectivity index is 4.28. The van der Waals surface area contributed by atoms with E-state index in [9.17, 15) is 19.0 Å². The number of unbranched alkanes of at least 4 members (excludes halogenated alkanes) is 25. The van der Waals surface area contributed by atoms with Crippen molar-refractivity contribution in [3.63, 3.8) is 0 Å². The molecule has 0 spiro atoms. The first-order chi connectivity index (χ1) is 26.0. The summed E-state index contributed by atoms with van der Waals surface area (Å²) in [4.78, 5) is 35.3. The number of quaternary nitrogens is 1. The van der Waals surface area contributed by atoms with Crippen molar-refractivity contribution in [1.82, 2.24) is 0 Å². The number of allylic oxidation sites excluding steroid dienone is 2. The Morgan fingerprint density at radius 1 is 0.556 bits per heavy atom. The second-order valence-corrected chi connectivity index (χ2v) is 17.9. The summed E-state index contributed by atoms with van der Waals surface area (Å²) < 4.78 is 34.3. The summed E-state index contributed by atoms with van der Waals surface area (Å²) in [6.45, 7) is 4.41. The lowest BCUT2D eigenvalue weighted by molar-refractivity contribution is -0.870. The Hall–Kier alpha value is -1.25. The molecule has 0 bridgehead atoms. The molecule has 1 unspecified atom stereocenters. The molecular weight excluding hydrogens is 701 g/mol. The molecule has 0 amide bonds. The van der Waals surface area contributed by atoms with Crippen LogP contribution < -0.4 is 0 Å². The Morgan fingerprint density at radius 3 is 1.41 bits per heavy atom. The van der Waals surface area contributed by atoms with Crippen LogP contribution >= 0.6 is 7.82 Å². The fourth-order valence-electron chi connectivity index (χ4n) is 6.24. The summed E-state index contributed by atoms with van der Waals surface area (Å²) in [6, 6.07) is 0. The van der Waals surface area contributed by atoms with Crippen molar-refractivity contribution in [2.75, 3.05) is 47.5 Å². The zero-order valence-corrected chi connectivity index (χ0v) is 36.9. The fourth-order valence-corrected chi connectivity index (χ4v) is 6.99. The number of hydrogen-bond acceptors (Lipinski definition) is 7. The van der Waals surface area contributed by atoms with Gasteiger partial charge in [-0.25, -0.2) is 4.57 Å². The molecule has 0 radical (unpaired) electrons. The van der Waals surface area contributed by atoms with Gasteiger partial charge >= 0.3 is 19.8 Å². The van der Waals surface area contributed by atoms with Gasteiger partial charge in [0.15, 0.2) is 6.10 Å². The molecule has 2 atom stereocenters. The van der Waals surface area contributed by atoms with Gasteiger partial charge in [-0.3, -0.25) is 18.6 Å². The smallest absolute Gasteiger partial charge is 0.462 e. The molecule has 0 aliphatic rings. The summed E-state index contributed by atoms with van der Waals surface area (Å²) in [6.07, 6.45) is 38.3. The van der Waals surface area contributed by atoms with Crippen LogP contribution in [0.3, 0.4) is 0 Å². The fraction of sp³-hybridized carbons (Fsp3) is 0.909. The molecule has 0 aliphatic carbocycles. The topological polar surface area (TPSA) is 108 Å². The zero-order chi connectivity index (χ0) is 40.0. The predicted octanol–water partition coefficient (Wildman–Crippen LogP) is 12.6. The van der Waals surface area contributed by atoms with Gasteiger partial charge in [-0.1, -0.05) is 167 Å². The van der Waals surface area contributed by atoms with Crippen LogP contribution in [0, 0.1) is 0 Å². The molecule has 10 heteroatoms. The summed E-state index contributed by atoms with van der Waals surface area (Å²) in [7, 11) is 1.48. The van der Waals surface area contributed by atoms with E-state index in [-0.39, 0.29) is 25.6 Å². The second-order valence-electron chi connectivity index (χ2n) is 16.4. The van der Waals surface area contributed by atoms with Crippen LogP contribution in [0.1, 0.15) is 206 Å².